The predicted molar refractivity (Wildman–Crippen MR) is 61.4 cm³/mol. The average molecular weight is 234 g/mol. The minimum atomic E-state index is -0.366. The first-order valence-electron chi connectivity index (χ1n) is 4.35. The summed E-state index contributed by atoms with van der Waals surface area (Å²) in [7, 11) is 1.90. The van der Waals surface area contributed by atoms with Gasteiger partial charge in [-0.2, -0.15) is 0 Å². The molecule has 1 atom stereocenters. The maximum atomic E-state index is 9.21. The minimum absolute atomic E-state index is 0.366. The molecule has 0 aliphatic rings. The molecule has 1 unspecified atom stereocenters. The zero-order valence-electron chi connectivity index (χ0n) is 8.17. The van der Waals surface area contributed by atoms with Crippen LogP contribution in [0.1, 0.15) is 6.92 Å². The Hall–Kier alpha value is -0.440. The number of anilines is 1. The van der Waals surface area contributed by atoms with E-state index in [0.29, 0.717) is 16.6 Å². The highest BCUT2D eigenvalue weighted by atomic mass is 35.5. The van der Waals surface area contributed by atoms with Gasteiger partial charge in [0.25, 0.3) is 0 Å². The molecule has 2 nitrogen and oxygen atoms in total. The first kappa shape index (κ1) is 11.6. The zero-order chi connectivity index (χ0) is 10.7. The summed E-state index contributed by atoms with van der Waals surface area (Å²) in [5.74, 6) is 0. The minimum Gasteiger partial charge on any atom is -0.392 e. The van der Waals surface area contributed by atoms with Crippen LogP contribution in [0.3, 0.4) is 0 Å². The molecule has 0 radical (unpaired) electrons. The number of hydrogen-bond donors (Lipinski definition) is 1. The second kappa shape index (κ2) is 4.87. The molecule has 0 saturated heterocycles. The summed E-state index contributed by atoms with van der Waals surface area (Å²) in [5, 5.41) is 10.3. The van der Waals surface area contributed by atoms with Crippen molar-refractivity contribution in [3.63, 3.8) is 0 Å². The molecular weight excluding hydrogens is 221 g/mol. The van der Waals surface area contributed by atoms with Gasteiger partial charge in [-0.05, 0) is 25.1 Å². The molecule has 0 aliphatic carbocycles. The lowest BCUT2D eigenvalue weighted by Crippen LogP contribution is -2.26. The fraction of sp³-hybridized carbons (Fsp3) is 0.400. The van der Waals surface area contributed by atoms with Crippen LogP contribution in [0.15, 0.2) is 18.2 Å². The number of likely N-dealkylation sites (N-methyl/N-ethyl adjacent to an activating group) is 1. The highest BCUT2D eigenvalue weighted by Gasteiger charge is 2.06. The highest BCUT2D eigenvalue weighted by Crippen LogP contribution is 2.26. The lowest BCUT2D eigenvalue weighted by atomic mass is 10.2. The van der Waals surface area contributed by atoms with Crippen molar-refractivity contribution in [3.8, 4) is 0 Å². The standard InChI is InChI=1S/C10H13Cl2NO/c1-7(14)6-13(2)8-3-4-9(11)10(12)5-8/h3-5,7,14H,6H2,1-2H3. The van der Waals surface area contributed by atoms with Crippen molar-refractivity contribution in [2.75, 3.05) is 18.5 Å². The van der Waals surface area contributed by atoms with Gasteiger partial charge in [0.05, 0.1) is 16.1 Å². The summed E-state index contributed by atoms with van der Waals surface area (Å²) in [6.45, 7) is 2.31. The Morgan fingerprint density at radius 3 is 2.50 bits per heavy atom. The number of aliphatic hydroxyl groups excluding tert-OH is 1. The van der Waals surface area contributed by atoms with E-state index in [-0.39, 0.29) is 6.10 Å². The summed E-state index contributed by atoms with van der Waals surface area (Å²) in [6, 6.07) is 5.40. The molecule has 0 heterocycles. The van der Waals surface area contributed by atoms with Crippen LogP contribution < -0.4 is 4.90 Å². The number of benzene rings is 1. The lowest BCUT2D eigenvalue weighted by molar-refractivity contribution is 0.201. The number of nitrogens with zero attached hydrogens (tertiary/aromatic N) is 1. The SMILES string of the molecule is CC(O)CN(C)c1ccc(Cl)c(Cl)c1. The quantitative estimate of drug-likeness (QED) is 0.869. The van der Waals surface area contributed by atoms with Crippen LogP contribution in [0.25, 0.3) is 0 Å². The summed E-state index contributed by atoms with van der Waals surface area (Å²) in [5.41, 5.74) is 0.945. The van der Waals surface area contributed by atoms with Gasteiger partial charge in [-0.25, -0.2) is 0 Å². The first-order chi connectivity index (χ1) is 6.50. The van der Waals surface area contributed by atoms with E-state index in [9.17, 15) is 5.11 Å². The molecule has 0 saturated carbocycles. The van der Waals surface area contributed by atoms with Gasteiger partial charge in [0.2, 0.25) is 0 Å². The third-order valence-electron chi connectivity index (χ3n) is 1.88. The Labute approximate surface area is 94.1 Å². The number of rotatable bonds is 3. The molecule has 14 heavy (non-hydrogen) atoms. The van der Waals surface area contributed by atoms with E-state index in [0.717, 1.165) is 5.69 Å². The molecule has 0 bridgehead atoms. The molecule has 0 aromatic heterocycles. The van der Waals surface area contributed by atoms with Crippen molar-refractivity contribution in [2.24, 2.45) is 0 Å². The molecular formula is C10H13Cl2NO. The van der Waals surface area contributed by atoms with Crippen molar-refractivity contribution >= 4 is 28.9 Å². The molecule has 78 valence electrons. The number of halogens is 2. The van der Waals surface area contributed by atoms with E-state index in [1.54, 1.807) is 19.1 Å². The van der Waals surface area contributed by atoms with Gasteiger partial charge in [0.15, 0.2) is 0 Å². The van der Waals surface area contributed by atoms with Gasteiger partial charge in [0.1, 0.15) is 0 Å². The molecule has 0 spiro atoms. The third-order valence-corrected chi connectivity index (χ3v) is 2.62. The first-order valence-corrected chi connectivity index (χ1v) is 5.10. The Balaban J connectivity index is 2.80. The van der Waals surface area contributed by atoms with Gasteiger partial charge in [-0.3, -0.25) is 0 Å². The average Bonchev–Trinajstić information content (AvgIpc) is 2.08. The monoisotopic (exact) mass is 233 g/mol. The molecule has 1 rings (SSSR count). The topological polar surface area (TPSA) is 23.5 Å². The predicted octanol–water partition coefficient (Wildman–Crippen LogP) is 2.81. The maximum absolute atomic E-state index is 9.21. The van der Waals surface area contributed by atoms with E-state index < -0.39 is 0 Å². The Bertz CT molecular complexity index is 315. The van der Waals surface area contributed by atoms with Crippen molar-refractivity contribution < 1.29 is 5.11 Å². The molecule has 1 N–H and O–H groups in total. The van der Waals surface area contributed by atoms with Crippen LogP contribution in [0.4, 0.5) is 5.69 Å². The lowest BCUT2D eigenvalue weighted by Gasteiger charge is -2.21. The third kappa shape index (κ3) is 3.05. The van der Waals surface area contributed by atoms with E-state index in [2.05, 4.69) is 0 Å². The summed E-state index contributed by atoms with van der Waals surface area (Å²) < 4.78 is 0. The molecule has 1 aromatic rings. The fourth-order valence-corrected chi connectivity index (χ4v) is 1.52. The van der Waals surface area contributed by atoms with E-state index in [1.807, 2.05) is 18.0 Å². The van der Waals surface area contributed by atoms with Crippen molar-refractivity contribution in [1.82, 2.24) is 0 Å². The zero-order valence-corrected chi connectivity index (χ0v) is 9.68. The number of hydrogen-bond acceptors (Lipinski definition) is 2. The van der Waals surface area contributed by atoms with Crippen LogP contribution in [0.2, 0.25) is 10.0 Å². The van der Waals surface area contributed by atoms with Crippen LogP contribution in [0.5, 0.6) is 0 Å². The highest BCUT2D eigenvalue weighted by molar-refractivity contribution is 6.42. The van der Waals surface area contributed by atoms with Gasteiger partial charge >= 0.3 is 0 Å². The van der Waals surface area contributed by atoms with Gasteiger partial charge in [0, 0.05) is 19.3 Å². The van der Waals surface area contributed by atoms with Crippen LogP contribution >= 0.6 is 23.2 Å². The van der Waals surface area contributed by atoms with Crippen molar-refractivity contribution in [1.29, 1.82) is 0 Å². The van der Waals surface area contributed by atoms with Crippen molar-refractivity contribution in [3.05, 3.63) is 28.2 Å². The molecule has 4 heteroatoms. The normalized spacial score (nSPS) is 12.6. The fourth-order valence-electron chi connectivity index (χ4n) is 1.22. The van der Waals surface area contributed by atoms with Crippen LogP contribution in [-0.2, 0) is 0 Å². The molecule has 0 amide bonds. The second-order valence-corrected chi connectivity index (χ2v) is 4.14. The maximum Gasteiger partial charge on any atom is 0.0686 e. The largest absolute Gasteiger partial charge is 0.392 e. The van der Waals surface area contributed by atoms with E-state index >= 15 is 0 Å². The van der Waals surface area contributed by atoms with E-state index in [1.165, 1.54) is 0 Å². The summed E-state index contributed by atoms with van der Waals surface area (Å²) in [4.78, 5) is 1.92. The smallest absolute Gasteiger partial charge is 0.0686 e. The number of aliphatic hydroxyl groups is 1. The molecule has 0 aliphatic heterocycles. The van der Waals surface area contributed by atoms with E-state index in [4.69, 9.17) is 23.2 Å². The second-order valence-electron chi connectivity index (χ2n) is 3.33. The van der Waals surface area contributed by atoms with Gasteiger partial charge in [-0.15, -0.1) is 0 Å². The van der Waals surface area contributed by atoms with Crippen LogP contribution in [0, 0.1) is 0 Å². The molecule has 0 fully saturated rings. The van der Waals surface area contributed by atoms with Crippen molar-refractivity contribution in [2.45, 2.75) is 13.0 Å². The Morgan fingerprint density at radius 1 is 1.36 bits per heavy atom. The van der Waals surface area contributed by atoms with Crippen LogP contribution in [-0.4, -0.2) is 24.8 Å². The van der Waals surface area contributed by atoms with Gasteiger partial charge in [-0.1, -0.05) is 23.2 Å². The Kier molecular flexibility index (Phi) is 4.05. The Morgan fingerprint density at radius 2 is 2.00 bits per heavy atom. The molecule has 1 aromatic carbocycles. The summed E-state index contributed by atoms with van der Waals surface area (Å²) in [6.07, 6.45) is -0.366. The summed E-state index contributed by atoms with van der Waals surface area (Å²) >= 11 is 11.7. The van der Waals surface area contributed by atoms with Gasteiger partial charge < -0.3 is 10.0 Å².